The molecule has 17 heavy (non-hydrogen) atoms. The highest BCUT2D eigenvalue weighted by Crippen LogP contribution is 2.21. The Hall–Kier alpha value is -2.34. The van der Waals surface area contributed by atoms with Gasteiger partial charge in [-0.25, -0.2) is 0 Å². The summed E-state index contributed by atoms with van der Waals surface area (Å²) in [4.78, 5) is 10.5. The lowest BCUT2D eigenvalue weighted by Gasteiger charge is -2.20. The predicted octanol–water partition coefficient (Wildman–Crippen LogP) is 1.82. The van der Waals surface area contributed by atoms with Gasteiger partial charge in [0.05, 0.1) is 5.57 Å². The Bertz CT molecular complexity index is 535. The molecule has 3 nitrogen and oxygen atoms in total. The van der Waals surface area contributed by atoms with Crippen LogP contribution in [0, 0.1) is 11.3 Å². The Morgan fingerprint density at radius 2 is 2.24 bits per heavy atom. The van der Waals surface area contributed by atoms with Gasteiger partial charge in [-0.05, 0) is 24.1 Å². The lowest BCUT2D eigenvalue weighted by atomic mass is 9.98. The van der Waals surface area contributed by atoms with E-state index in [1.165, 1.54) is 11.6 Å². The summed E-state index contributed by atoms with van der Waals surface area (Å²) in [6, 6.07) is 9.97. The van der Waals surface area contributed by atoms with Crippen molar-refractivity contribution in [3.8, 4) is 6.07 Å². The molecule has 0 unspecified atom stereocenters. The first-order chi connectivity index (χ1) is 8.35. The Morgan fingerprint density at radius 1 is 1.41 bits per heavy atom. The van der Waals surface area contributed by atoms with Crippen LogP contribution in [0.1, 0.15) is 11.1 Å². The van der Waals surface area contributed by atoms with E-state index in [9.17, 15) is 4.79 Å². The van der Waals surface area contributed by atoms with E-state index in [2.05, 4.69) is 11.4 Å². The third-order valence-electron chi connectivity index (χ3n) is 2.70. The standard InChI is InChI=1S/C14H12N2O/c15-9-11(10-17)5-6-14-13-4-2-1-3-12(13)7-8-16-14/h1-6,10,16H,7-8H2/b11-5+,14-6-. The molecule has 1 heterocycles. The molecular weight excluding hydrogens is 212 g/mol. The number of hydrogen-bond acceptors (Lipinski definition) is 3. The van der Waals surface area contributed by atoms with E-state index in [0.29, 0.717) is 6.29 Å². The molecule has 0 fully saturated rings. The lowest BCUT2D eigenvalue weighted by molar-refractivity contribution is -0.104. The fraction of sp³-hybridized carbons (Fsp3) is 0.143. The molecule has 3 heteroatoms. The number of fused-ring (bicyclic) bond motifs is 1. The molecule has 0 aliphatic carbocycles. The van der Waals surface area contributed by atoms with Gasteiger partial charge in [-0.1, -0.05) is 24.3 Å². The van der Waals surface area contributed by atoms with Crippen molar-refractivity contribution in [1.82, 2.24) is 5.32 Å². The topological polar surface area (TPSA) is 52.9 Å². The van der Waals surface area contributed by atoms with E-state index >= 15 is 0 Å². The first kappa shape index (κ1) is 11.2. The van der Waals surface area contributed by atoms with E-state index in [1.807, 2.05) is 24.3 Å². The number of hydrogen-bond donors (Lipinski definition) is 1. The Morgan fingerprint density at radius 3 is 3.00 bits per heavy atom. The number of benzene rings is 1. The van der Waals surface area contributed by atoms with Crippen molar-refractivity contribution < 1.29 is 4.79 Å². The van der Waals surface area contributed by atoms with E-state index < -0.39 is 0 Å². The van der Waals surface area contributed by atoms with Crippen LogP contribution in [-0.4, -0.2) is 12.8 Å². The first-order valence-corrected chi connectivity index (χ1v) is 5.44. The molecule has 2 rings (SSSR count). The van der Waals surface area contributed by atoms with Gasteiger partial charge in [0.2, 0.25) is 0 Å². The summed E-state index contributed by atoms with van der Waals surface area (Å²) in [5.41, 5.74) is 3.51. The van der Waals surface area contributed by atoms with E-state index in [0.717, 1.165) is 24.2 Å². The molecule has 0 spiro atoms. The van der Waals surface area contributed by atoms with Crippen LogP contribution >= 0.6 is 0 Å². The van der Waals surface area contributed by atoms with Crippen molar-refractivity contribution in [2.45, 2.75) is 6.42 Å². The summed E-state index contributed by atoms with van der Waals surface area (Å²) in [6.07, 6.45) is 4.88. The van der Waals surface area contributed by atoms with E-state index in [-0.39, 0.29) is 5.57 Å². The van der Waals surface area contributed by atoms with Crippen molar-refractivity contribution in [2.24, 2.45) is 0 Å². The minimum absolute atomic E-state index is 0.127. The fourth-order valence-corrected chi connectivity index (χ4v) is 1.85. The number of nitrogens with one attached hydrogen (secondary N) is 1. The minimum atomic E-state index is 0.127. The van der Waals surface area contributed by atoms with Gasteiger partial charge >= 0.3 is 0 Å². The maximum absolute atomic E-state index is 10.5. The maximum atomic E-state index is 10.5. The van der Waals surface area contributed by atoms with Gasteiger partial charge in [-0.15, -0.1) is 0 Å². The molecule has 84 valence electrons. The molecule has 1 aromatic carbocycles. The molecule has 0 bridgehead atoms. The molecule has 0 aromatic heterocycles. The highest BCUT2D eigenvalue weighted by Gasteiger charge is 2.11. The number of nitriles is 1. The quantitative estimate of drug-likeness (QED) is 0.473. The van der Waals surface area contributed by atoms with E-state index in [1.54, 1.807) is 6.08 Å². The van der Waals surface area contributed by atoms with Crippen molar-refractivity contribution >= 4 is 12.0 Å². The van der Waals surface area contributed by atoms with Crippen LogP contribution < -0.4 is 5.32 Å². The molecule has 1 aromatic rings. The normalized spacial score (nSPS) is 16.9. The Balaban J connectivity index is 2.36. The smallest absolute Gasteiger partial charge is 0.160 e. The fourth-order valence-electron chi connectivity index (χ4n) is 1.85. The first-order valence-electron chi connectivity index (χ1n) is 5.44. The number of carbonyl (C=O) groups is 1. The predicted molar refractivity (Wildman–Crippen MR) is 65.9 cm³/mol. The molecule has 0 saturated heterocycles. The molecular formula is C14H12N2O. The average Bonchev–Trinajstić information content (AvgIpc) is 2.40. The van der Waals surface area contributed by atoms with Crippen molar-refractivity contribution in [2.75, 3.05) is 6.54 Å². The van der Waals surface area contributed by atoms with Gasteiger partial charge in [0.25, 0.3) is 0 Å². The summed E-state index contributed by atoms with van der Waals surface area (Å²) in [5, 5.41) is 11.9. The second-order valence-electron chi connectivity index (χ2n) is 3.77. The Labute approximate surface area is 100 Å². The maximum Gasteiger partial charge on any atom is 0.160 e. The number of aldehydes is 1. The lowest BCUT2D eigenvalue weighted by Crippen LogP contribution is -2.22. The summed E-state index contributed by atoms with van der Waals surface area (Å²) < 4.78 is 0. The average molecular weight is 224 g/mol. The Kier molecular flexibility index (Phi) is 3.37. The highest BCUT2D eigenvalue weighted by molar-refractivity contribution is 5.80. The number of nitrogens with zero attached hydrogens (tertiary/aromatic N) is 1. The minimum Gasteiger partial charge on any atom is -0.384 e. The summed E-state index contributed by atoms with van der Waals surface area (Å²) in [5.74, 6) is 0. The van der Waals surface area contributed by atoms with Crippen LogP contribution in [0.25, 0.3) is 5.70 Å². The van der Waals surface area contributed by atoms with Crippen molar-refractivity contribution in [3.63, 3.8) is 0 Å². The number of carbonyl (C=O) groups excluding carboxylic acids is 1. The highest BCUT2D eigenvalue weighted by atomic mass is 16.1. The van der Waals surface area contributed by atoms with Crippen LogP contribution in [0.15, 0.2) is 42.0 Å². The van der Waals surface area contributed by atoms with Gasteiger partial charge in [0, 0.05) is 17.8 Å². The molecule has 1 aliphatic rings. The van der Waals surface area contributed by atoms with Crippen LogP contribution in [0.2, 0.25) is 0 Å². The van der Waals surface area contributed by atoms with E-state index in [4.69, 9.17) is 5.26 Å². The van der Waals surface area contributed by atoms with Gasteiger partial charge in [-0.3, -0.25) is 4.79 Å². The van der Waals surface area contributed by atoms with Gasteiger partial charge in [0.15, 0.2) is 6.29 Å². The van der Waals surface area contributed by atoms with Crippen LogP contribution in [0.5, 0.6) is 0 Å². The molecule has 0 amide bonds. The van der Waals surface area contributed by atoms with Crippen molar-refractivity contribution in [1.29, 1.82) is 5.26 Å². The summed E-state index contributed by atoms with van der Waals surface area (Å²) in [7, 11) is 0. The third kappa shape index (κ3) is 2.43. The largest absolute Gasteiger partial charge is 0.384 e. The summed E-state index contributed by atoms with van der Waals surface area (Å²) in [6.45, 7) is 0.875. The second-order valence-corrected chi connectivity index (χ2v) is 3.77. The van der Waals surface area contributed by atoms with Crippen molar-refractivity contribution in [3.05, 3.63) is 53.1 Å². The number of allylic oxidation sites excluding steroid dienone is 3. The second kappa shape index (κ2) is 5.13. The molecule has 1 N–H and O–H groups in total. The molecule has 0 saturated carbocycles. The molecule has 1 aliphatic heterocycles. The zero-order valence-electron chi connectivity index (χ0n) is 9.31. The summed E-state index contributed by atoms with van der Waals surface area (Å²) >= 11 is 0. The monoisotopic (exact) mass is 224 g/mol. The van der Waals surface area contributed by atoms with Gasteiger partial charge in [0.1, 0.15) is 6.07 Å². The number of rotatable bonds is 2. The zero-order chi connectivity index (χ0) is 12.1. The molecule has 0 atom stereocenters. The third-order valence-corrected chi connectivity index (χ3v) is 2.70. The SMILES string of the molecule is N#C/C(C=O)=C\C=C1/NCCc2ccccc21. The van der Waals surface area contributed by atoms with Crippen LogP contribution in [0.4, 0.5) is 0 Å². The van der Waals surface area contributed by atoms with Gasteiger partial charge in [-0.2, -0.15) is 5.26 Å². The molecule has 0 radical (unpaired) electrons. The van der Waals surface area contributed by atoms with Crippen LogP contribution in [-0.2, 0) is 11.2 Å². The zero-order valence-corrected chi connectivity index (χ0v) is 9.31. The van der Waals surface area contributed by atoms with Gasteiger partial charge < -0.3 is 5.32 Å². The van der Waals surface area contributed by atoms with Crippen LogP contribution in [0.3, 0.4) is 0 Å².